The predicted octanol–water partition coefficient (Wildman–Crippen LogP) is 0.792. The highest BCUT2D eigenvalue weighted by Crippen LogP contribution is 2.14. The van der Waals surface area contributed by atoms with Crippen LogP contribution in [0.5, 0.6) is 0 Å². The van der Waals surface area contributed by atoms with E-state index in [2.05, 4.69) is 5.32 Å². The first kappa shape index (κ1) is 12.7. The van der Waals surface area contributed by atoms with Crippen LogP contribution in [-0.4, -0.2) is 21.1 Å². The fourth-order valence-corrected chi connectivity index (χ4v) is 2.09. The molecule has 0 spiro atoms. The Morgan fingerprint density at radius 3 is 2.38 bits per heavy atom. The molecule has 16 heavy (non-hydrogen) atoms. The van der Waals surface area contributed by atoms with Crippen molar-refractivity contribution in [3.05, 3.63) is 29.8 Å². The molecule has 0 saturated carbocycles. The highest BCUT2D eigenvalue weighted by Gasteiger charge is 2.18. The molecule has 1 aromatic rings. The lowest BCUT2D eigenvalue weighted by atomic mass is 10.2. The molecule has 1 unspecified atom stereocenters. The third-order valence-corrected chi connectivity index (χ3v) is 3.27. The second-order valence-electron chi connectivity index (χ2n) is 3.29. The summed E-state index contributed by atoms with van der Waals surface area (Å²) >= 11 is 0. The van der Waals surface area contributed by atoms with Gasteiger partial charge in [0.15, 0.2) is 0 Å². The van der Waals surface area contributed by atoms with Crippen molar-refractivity contribution in [2.75, 3.05) is 0 Å². The van der Waals surface area contributed by atoms with E-state index >= 15 is 0 Å². The molecule has 88 valence electrons. The molecule has 0 aliphatic carbocycles. The van der Waals surface area contributed by atoms with Gasteiger partial charge in [-0.2, -0.15) is 8.42 Å². The monoisotopic (exact) mass is 243 g/mol. The summed E-state index contributed by atoms with van der Waals surface area (Å²) in [5, 5.41) is 2.20. The van der Waals surface area contributed by atoms with Gasteiger partial charge in [-0.05, 0) is 26.0 Å². The summed E-state index contributed by atoms with van der Waals surface area (Å²) < 4.78 is 28.0. The number of carbonyl (C=O) groups excluding carboxylic acids is 1. The summed E-state index contributed by atoms with van der Waals surface area (Å²) in [5.41, 5.74) is 0.956. The van der Waals surface area contributed by atoms with Crippen LogP contribution in [-0.2, 0) is 19.1 Å². The third-order valence-electron chi connectivity index (χ3n) is 1.88. The van der Waals surface area contributed by atoms with Crippen molar-refractivity contribution in [1.29, 1.82) is 0 Å². The van der Waals surface area contributed by atoms with Crippen molar-refractivity contribution >= 4 is 16.5 Å². The van der Waals surface area contributed by atoms with Gasteiger partial charge in [0.2, 0.25) is 6.41 Å². The van der Waals surface area contributed by atoms with E-state index in [4.69, 9.17) is 4.18 Å². The number of carbonyl (C=O) groups is 1. The van der Waals surface area contributed by atoms with E-state index in [0.717, 1.165) is 5.56 Å². The zero-order valence-corrected chi connectivity index (χ0v) is 9.82. The topological polar surface area (TPSA) is 72.5 Å². The molecule has 0 aliphatic heterocycles. The lowest BCUT2D eigenvalue weighted by molar-refractivity contribution is -0.111. The Labute approximate surface area is 94.6 Å². The fourth-order valence-electron chi connectivity index (χ4n) is 1.07. The van der Waals surface area contributed by atoms with Crippen LogP contribution in [0.2, 0.25) is 0 Å². The van der Waals surface area contributed by atoms with Crippen LogP contribution >= 0.6 is 0 Å². The van der Waals surface area contributed by atoms with E-state index in [9.17, 15) is 13.2 Å². The van der Waals surface area contributed by atoms with Gasteiger partial charge >= 0.3 is 0 Å². The molecule has 6 heteroatoms. The molecule has 0 radical (unpaired) electrons. The average Bonchev–Trinajstić information content (AvgIpc) is 2.17. The molecule has 0 heterocycles. The lowest BCUT2D eigenvalue weighted by Crippen LogP contribution is -2.29. The summed E-state index contributed by atoms with van der Waals surface area (Å²) in [4.78, 5) is 10.2. The highest BCUT2D eigenvalue weighted by atomic mass is 32.2. The number of benzene rings is 1. The zero-order chi connectivity index (χ0) is 12.2. The number of aryl methyl sites for hydroxylation is 1. The normalized spacial score (nSPS) is 13.1. The second-order valence-corrected chi connectivity index (χ2v) is 4.86. The van der Waals surface area contributed by atoms with Crippen LogP contribution in [0, 0.1) is 6.92 Å². The first-order chi connectivity index (χ1) is 7.45. The maximum atomic E-state index is 11.7. The summed E-state index contributed by atoms with van der Waals surface area (Å²) in [6.45, 7) is 3.29. The molecule has 1 N–H and O–H groups in total. The Morgan fingerprint density at radius 1 is 1.31 bits per heavy atom. The van der Waals surface area contributed by atoms with Crippen LogP contribution in [0.1, 0.15) is 12.5 Å². The van der Waals surface area contributed by atoms with E-state index < -0.39 is 16.3 Å². The average molecular weight is 243 g/mol. The third kappa shape index (κ3) is 3.32. The Kier molecular flexibility index (Phi) is 4.03. The summed E-state index contributed by atoms with van der Waals surface area (Å²) in [7, 11) is -3.82. The Hall–Kier alpha value is -1.40. The molecule has 0 saturated heterocycles. The van der Waals surface area contributed by atoms with Gasteiger partial charge in [-0.1, -0.05) is 17.7 Å². The number of hydrogen-bond acceptors (Lipinski definition) is 4. The highest BCUT2D eigenvalue weighted by molar-refractivity contribution is 7.86. The minimum Gasteiger partial charge on any atom is -0.332 e. The van der Waals surface area contributed by atoms with Crippen molar-refractivity contribution in [1.82, 2.24) is 5.32 Å². The van der Waals surface area contributed by atoms with E-state index in [1.54, 1.807) is 12.1 Å². The quantitative estimate of drug-likeness (QED) is 0.471. The summed E-state index contributed by atoms with van der Waals surface area (Å²) in [6.07, 6.45) is -0.501. The predicted molar refractivity (Wildman–Crippen MR) is 58.1 cm³/mol. The minimum atomic E-state index is -3.82. The SMILES string of the molecule is Cc1ccc(S(=O)(=O)OC(C)NC=O)cc1. The van der Waals surface area contributed by atoms with E-state index in [0.29, 0.717) is 6.41 Å². The molecule has 1 amide bonds. The van der Waals surface area contributed by atoms with E-state index in [1.807, 2.05) is 6.92 Å². The van der Waals surface area contributed by atoms with Crippen molar-refractivity contribution < 1.29 is 17.4 Å². The van der Waals surface area contributed by atoms with E-state index in [1.165, 1.54) is 19.1 Å². The van der Waals surface area contributed by atoms with Crippen LogP contribution in [0.15, 0.2) is 29.2 Å². The number of nitrogens with one attached hydrogen (secondary N) is 1. The Balaban J connectivity index is 2.85. The fraction of sp³-hybridized carbons (Fsp3) is 0.300. The molecule has 1 atom stereocenters. The van der Waals surface area contributed by atoms with Gasteiger partial charge in [-0.3, -0.25) is 4.79 Å². The lowest BCUT2D eigenvalue weighted by Gasteiger charge is -2.11. The van der Waals surface area contributed by atoms with Crippen molar-refractivity contribution in [3.8, 4) is 0 Å². The van der Waals surface area contributed by atoms with Crippen molar-refractivity contribution in [3.63, 3.8) is 0 Å². The summed E-state index contributed by atoms with van der Waals surface area (Å²) in [5.74, 6) is 0. The van der Waals surface area contributed by atoms with Crippen molar-refractivity contribution in [2.24, 2.45) is 0 Å². The van der Waals surface area contributed by atoms with Gasteiger partial charge in [-0.15, -0.1) is 0 Å². The molecular weight excluding hydrogens is 230 g/mol. The zero-order valence-electron chi connectivity index (χ0n) is 9.01. The Morgan fingerprint density at radius 2 is 1.88 bits per heavy atom. The van der Waals surface area contributed by atoms with Crippen molar-refractivity contribution in [2.45, 2.75) is 25.0 Å². The van der Waals surface area contributed by atoms with Gasteiger partial charge in [0.25, 0.3) is 10.1 Å². The molecule has 1 aromatic carbocycles. The molecular formula is C10H13NO4S. The van der Waals surface area contributed by atoms with Crippen LogP contribution in [0.3, 0.4) is 0 Å². The van der Waals surface area contributed by atoms with Gasteiger partial charge in [0, 0.05) is 0 Å². The van der Waals surface area contributed by atoms with Gasteiger partial charge in [0.1, 0.15) is 6.23 Å². The maximum absolute atomic E-state index is 11.7. The summed E-state index contributed by atoms with van der Waals surface area (Å²) in [6, 6.07) is 6.26. The molecule has 0 aromatic heterocycles. The maximum Gasteiger partial charge on any atom is 0.298 e. The van der Waals surface area contributed by atoms with Gasteiger partial charge in [-0.25, -0.2) is 4.18 Å². The smallest absolute Gasteiger partial charge is 0.298 e. The second kappa shape index (κ2) is 5.09. The van der Waals surface area contributed by atoms with Crippen LogP contribution < -0.4 is 5.32 Å². The molecule has 0 fully saturated rings. The number of amides is 1. The molecule has 5 nitrogen and oxygen atoms in total. The van der Waals surface area contributed by atoms with E-state index in [-0.39, 0.29) is 4.90 Å². The number of rotatable bonds is 5. The first-order valence-electron chi connectivity index (χ1n) is 4.65. The minimum absolute atomic E-state index is 0.0673. The standard InChI is InChI=1S/C10H13NO4S/c1-8-3-5-10(6-4-8)16(13,14)15-9(2)11-7-12/h3-7,9H,1-2H3,(H,11,12). The molecule has 0 bridgehead atoms. The van der Waals surface area contributed by atoms with Gasteiger partial charge < -0.3 is 5.32 Å². The van der Waals surface area contributed by atoms with Crippen LogP contribution in [0.25, 0.3) is 0 Å². The Bertz CT molecular complexity index is 452. The largest absolute Gasteiger partial charge is 0.332 e. The van der Waals surface area contributed by atoms with Crippen LogP contribution in [0.4, 0.5) is 0 Å². The van der Waals surface area contributed by atoms with Gasteiger partial charge in [0.05, 0.1) is 4.90 Å². The molecule has 1 rings (SSSR count). The molecule has 0 aliphatic rings. The number of hydrogen-bond donors (Lipinski definition) is 1. The first-order valence-corrected chi connectivity index (χ1v) is 6.06.